The van der Waals surface area contributed by atoms with Gasteiger partial charge in [0.05, 0.1) is 6.04 Å². The molecule has 0 aliphatic carbocycles. The summed E-state index contributed by atoms with van der Waals surface area (Å²) in [6.45, 7) is 4.47. The van der Waals surface area contributed by atoms with Crippen molar-refractivity contribution in [2.75, 3.05) is 6.54 Å². The largest absolute Gasteiger partial charge is 0.348 e. The van der Waals surface area contributed by atoms with E-state index >= 15 is 0 Å². The van der Waals surface area contributed by atoms with Crippen molar-refractivity contribution < 1.29 is 4.79 Å². The summed E-state index contributed by atoms with van der Waals surface area (Å²) in [7, 11) is 0. The molecule has 0 aliphatic heterocycles. The number of carbonyl (C=O) groups is 1. The van der Waals surface area contributed by atoms with Crippen molar-refractivity contribution in [2.24, 2.45) is 11.7 Å². The van der Waals surface area contributed by atoms with Crippen molar-refractivity contribution in [1.82, 2.24) is 5.32 Å². The van der Waals surface area contributed by atoms with E-state index < -0.39 is 0 Å². The van der Waals surface area contributed by atoms with Gasteiger partial charge in [-0.2, -0.15) is 0 Å². The first-order chi connectivity index (χ1) is 8.19. The molecule has 1 amide bonds. The number of nitrogens with two attached hydrogens (primary N) is 1. The van der Waals surface area contributed by atoms with Crippen LogP contribution in [0.3, 0.4) is 0 Å². The van der Waals surface area contributed by atoms with Crippen LogP contribution >= 0.6 is 0 Å². The van der Waals surface area contributed by atoms with E-state index in [4.69, 9.17) is 5.73 Å². The zero-order valence-electron chi connectivity index (χ0n) is 10.6. The van der Waals surface area contributed by atoms with E-state index in [1.807, 2.05) is 37.3 Å². The lowest BCUT2D eigenvalue weighted by atomic mass is 10.0. The van der Waals surface area contributed by atoms with Crippen LogP contribution in [-0.4, -0.2) is 12.5 Å². The monoisotopic (exact) mass is 234 g/mol. The van der Waals surface area contributed by atoms with Gasteiger partial charge < -0.3 is 11.1 Å². The highest BCUT2D eigenvalue weighted by Crippen LogP contribution is 2.13. The standard InChI is InChI=1S/C14H22N2O/c1-3-7-11(2)14(17)16-13(10-15)12-8-5-4-6-9-12/h4-6,8-9,11,13H,3,7,10,15H2,1-2H3,(H,16,17). The first-order valence-corrected chi connectivity index (χ1v) is 6.24. The van der Waals surface area contributed by atoms with Gasteiger partial charge in [0, 0.05) is 12.5 Å². The fourth-order valence-corrected chi connectivity index (χ4v) is 1.84. The molecule has 0 saturated carbocycles. The number of carbonyl (C=O) groups excluding carboxylic acids is 1. The Morgan fingerprint density at radius 1 is 1.35 bits per heavy atom. The Labute approximate surface area is 103 Å². The molecule has 2 atom stereocenters. The van der Waals surface area contributed by atoms with Crippen molar-refractivity contribution in [3.8, 4) is 0 Å². The lowest BCUT2D eigenvalue weighted by Gasteiger charge is -2.19. The predicted molar refractivity (Wildman–Crippen MR) is 70.5 cm³/mol. The molecule has 3 heteroatoms. The second kappa shape index (κ2) is 7.07. The van der Waals surface area contributed by atoms with Gasteiger partial charge in [0.25, 0.3) is 0 Å². The van der Waals surface area contributed by atoms with Crippen molar-refractivity contribution in [1.29, 1.82) is 0 Å². The van der Waals surface area contributed by atoms with Crippen LogP contribution in [0, 0.1) is 5.92 Å². The highest BCUT2D eigenvalue weighted by Gasteiger charge is 2.16. The van der Waals surface area contributed by atoms with Crippen molar-refractivity contribution in [3.63, 3.8) is 0 Å². The first-order valence-electron chi connectivity index (χ1n) is 6.24. The first kappa shape index (κ1) is 13.7. The van der Waals surface area contributed by atoms with Crippen LogP contribution in [0.4, 0.5) is 0 Å². The summed E-state index contributed by atoms with van der Waals surface area (Å²) in [5.41, 5.74) is 6.77. The number of hydrogen-bond acceptors (Lipinski definition) is 2. The average Bonchev–Trinajstić information content (AvgIpc) is 2.37. The Hall–Kier alpha value is -1.35. The van der Waals surface area contributed by atoms with Gasteiger partial charge in [0.1, 0.15) is 0 Å². The highest BCUT2D eigenvalue weighted by molar-refractivity contribution is 5.78. The molecule has 17 heavy (non-hydrogen) atoms. The maximum absolute atomic E-state index is 11.9. The molecule has 1 aromatic carbocycles. The molecule has 0 bridgehead atoms. The Kier molecular flexibility index (Phi) is 5.70. The number of hydrogen-bond donors (Lipinski definition) is 2. The van der Waals surface area contributed by atoms with Crippen LogP contribution in [-0.2, 0) is 4.79 Å². The van der Waals surface area contributed by atoms with Crippen molar-refractivity contribution in [3.05, 3.63) is 35.9 Å². The number of nitrogens with one attached hydrogen (secondary N) is 1. The van der Waals surface area contributed by atoms with Gasteiger partial charge in [-0.3, -0.25) is 4.79 Å². The van der Waals surface area contributed by atoms with Crippen LogP contribution in [0.2, 0.25) is 0 Å². The third-order valence-corrected chi connectivity index (χ3v) is 2.92. The molecule has 3 nitrogen and oxygen atoms in total. The van der Waals surface area contributed by atoms with Crippen LogP contribution in [0.25, 0.3) is 0 Å². The number of rotatable bonds is 6. The molecule has 0 spiro atoms. The lowest BCUT2D eigenvalue weighted by Crippen LogP contribution is -2.36. The molecular formula is C14H22N2O. The quantitative estimate of drug-likeness (QED) is 0.793. The number of benzene rings is 1. The molecular weight excluding hydrogens is 212 g/mol. The molecule has 2 unspecified atom stereocenters. The Bertz CT molecular complexity index is 337. The minimum Gasteiger partial charge on any atom is -0.348 e. The van der Waals surface area contributed by atoms with Gasteiger partial charge in [0.15, 0.2) is 0 Å². The Morgan fingerprint density at radius 2 is 2.00 bits per heavy atom. The van der Waals surface area contributed by atoms with E-state index in [0.29, 0.717) is 6.54 Å². The van der Waals surface area contributed by atoms with E-state index in [1.54, 1.807) is 0 Å². The summed E-state index contributed by atoms with van der Waals surface area (Å²) in [5, 5.41) is 3.00. The SMILES string of the molecule is CCCC(C)C(=O)NC(CN)c1ccccc1. The van der Waals surface area contributed by atoms with Gasteiger partial charge >= 0.3 is 0 Å². The van der Waals surface area contributed by atoms with Gasteiger partial charge in [0.2, 0.25) is 5.91 Å². The highest BCUT2D eigenvalue weighted by atomic mass is 16.1. The normalized spacial score (nSPS) is 14.1. The van der Waals surface area contributed by atoms with Crippen molar-refractivity contribution >= 4 is 5.91 Å². The molecule has 0 radical (unpaired) electrons. The van der Waals surface area contributed by atoms with Crippen molar-refractivity contribution in [2.45, 2.75) is 32.7 Å². The molecule has 1 rings (SSSR count). The van der Waals surface area contributed by atoms with Gasteiger partial charge in [-0.05, 0) is 12.0 Å². The van der Waals surface area contributed by atoms with Crippen LogP contribution in [0.1, 0.15) is 38.3 Å². The van der Waals surface area contributed by atoms with E-state index in [0.717, 1.165) is 18.4 Å². The summed E-state index contributed by atoms with van der Waals surface area (Å²) < 4.78 is 0. The fraction of sp³-hybridized carbons (Fsp3) is 0.500. The minimum absolute atomic E-state index is 0.0535. The van der Waals surface area contributed by atoms with Crippen LogP contribution in [0.5, 0.6) is 0 Å². The lowest BCUT2D eigenvalue weighted by molar-refractivity contribution is -0.125. The van der Waals surface area contributed by atoms with E-state index in [2.05, 4.69) is 12.2 Å². The third kappa shape index (κ3) is 4.19. The maximum atomic E-state index is 11.9. The minimum atomic E-state index is -0.0805. The average molecular weight is 234 g/mol. The number of amides is 1. The van der Waals surface area contributed by atoms with Gasteiger partial charge in [-0.25, -0.2) is 0 Å². The smallest absolute Gasteiger partial charge is 0.223 e. The molecule has 0 aromatic heterocycles. The third-order valence-electron chi connectivity index (χ3n) is 2.92. The molecule has 0 fully saturated rings. The maximum Gasteiger partial charge on any atom is 0.223 e. The second-order valence-corrected chi connectivity index (χ2v) is 4.40. The van der Waals surface area contributed by atoms with Gasteiger partial charge in [-0.1, -0.05) is 50.6 Å². The molecule has 0 saturated heterocycles. The van der Waals surface area contributed by atoms with E-state index in [1.165, 1.54) is 0 Å². The molecule has 0 aliphatic rings. The van der Waals surface area contributed by atoms with Crippen LogP contribution < -0.4 is 11.1 Å². The Balaban J connectivity index is 2.62. The molecule has 1 aromatic rings. The topological polar surface area (TPSA) is 55.1 Å². The summed E-state index contributed by atoms with van der Waals surface area (Å²) in [6.07, 6.45) is 1.94. The zero-order valence-corrected chi connectivity index (χ0v) is 10.6. The Morgan fingerprint density at radius 3 is 2.53 bits per heavy atom. The summed E-state index contributed by atoms with van der Waals surface area (Å²) >= 11 is 0. The summed E-state index contributed by atoms with van der Waals surface area (Å²) in [4.78, 5) is 11.9. The zero-order chi connectivity index (χ0) is 12.7. The predicted octanol–water partition coefficient (Wildman–Crippen LogP) is 2.24. The molecule has 0 heterocycles. The summed E-state index contributed by atoms with van der Waals surface area (Å²) in [5.74, 6) is 0.143. The van der Waals surface area contributed by atoms with Crippen LogP contribution in [0.15, 0.2) is 30.3 Å². The molecule has 94 valence electrons. The van der Waals surface area contributed by atoms with Gasteiger partial charge in [-0.15, -0.1) is 0 Å². The van der Waals surface area contributed by atoms with E-state index in [9.17, 15) is 4.79 Å². The van der Waals surface area contributed by atoms with E-state index in [-0.39, 0.29) is 17.9 Å². The molecule has 3 N–H and O–H groups in total. The summed E-state index contributed by atoms with van der Waals surface area (Å²) in [6, 6.07) is 9.77. The second-order valence-electron chi connectivity index (χ2n) is 4.40. The fourth-order valence-electron chi connectivity index (χ4n) is 1.84.